The number of aromatic hydroxyl groups is 2. The van der Waals surface area contributed by atoms with Crippen LogP contribution in [0.5, 0.6) is 11.5 Å². The Labute approximate surface area is 200 Å². The summed E-state index contributed by atoms with van der Waals surface area (Å²) in [6, 6.07) is 13.4. The van der Waals surface area contributed by atoms with E-state index >= 15 is 0 Å². The summed E-state index contributed by atoms with van der Waals surface area (Å²) in [5.74, 6) is 0.0951. The van der Waals surface area contributed by atoms with Gasteiger partial charge in [-0.3, -0.25) is 9.59 Å². The van der Waals surface area contributed by atoms with Crippen LogP contribution in [0.1, 0.15) is 76.3 Å². The first-order valence-corrected chi connectivity index (χ1v) is 11.7. The molecule has 0 radical (unpaired) electrons. The Morgan fingerprint density at radius 1 is 0.647 bits per heavy atom. The smallest absolute Gasteiger partial charge is 0.240 e. The maximum atomic E-state index is 12.1. The van der Waals surface area contributed by atoms with Gasteiger partial charge < -0.3 is 10.2 Å². The van der Waals surface area contributed by atoms with Gasteiger partial charge in [0.25, 0.3) is 0 Å². The Bertz CT molecular complexity index is 901. The standard InChI is InChI=1S/C26H34N4O4/c1-3-23(19-11-15-21(31)16-12-19)27-29-25(33)9-7-5-6-8-10-26(34)30-28-24(4-2)20-13-17-22(32)18-14-20/h11-18,31-32H,3-10H2,1-2H3,(H,29,33)(H,30,34)/b27-23+,28-24+. The number of hydrogen-bond acceptors (Lipinski definition) is 6. The van der Waals surface area contributed by atoms with Gasteiger partial charge in [0.15, 0.2) is 0 Å². The zero-order valence-electron chi connectivity index (χ0n) is 19.9. The van der Waals surface area contributed by atoms with Gasteiger partial charge in [0.1, 0.15) is 11.5 Å². The third kappa shape index (κ3) is 9.44. The molecule has 0 heterocycles. The number of unbranched alkanes of at least 4 members (excludes halogenated alkanes) is 3. The van der Waals surface area contributed by atoms with E-state index in [9.17, 15) is 19.8 Å². The number of amides is 2. The fraction of sp³-hybridized carbons (Fsp3) is 0.385. The molecule has 0 atom stereocenters. The number of rotatable bonds is 13. The zero-order valence-corrected chi connectivity index (χ0v) is 19.9. The van der Waals surface area contributed by atoms with Crippen LogP contribution in [-0.2, 0) is 9.59 Å². The normalized spacial score (nSPS) is 11.8. The minimum Gasteiger partial charge on any atom is -0.508 e. The van der Waals surface area contributed by atoms with Crippen molar-refractivity contribution < 1.29 is 19.8 Å². The Morgan fingerprint density at radius 3 is 1.32 bits per heavy atom. The molecule has 8 nitrogen and oxygen atoms in total. The Kier molecular flexibility index (Phi) is 11.3. The van der Waals surface area contributed by atoms with E-state index in [1.165, 1.54) is 0 Å². The first kappa shape index (κ1) is 26.6. The summed E-state index contributed by atoms with van der Waals surface area (Å²) < 4.78 is 0. The van der Waals surface area contributed by atoms with Crippen molar-refractivity contribution in [1.29, 1.82) is 0 Å². The fourth-order valence-corrected chi connectivity index (χ4v) is 3.30. The molecule has 0 saturated carbocycles. The number of phenolic OH excluding ortho intramolecular Hbond substituents is 2. The van der Waals surface area contributed by atoms with E-state index in [2.05, 4.69) is 21.1 Å². The van der Waals surface area contributed by atoms with E-state index in [-0.39, 0.29) is 23.3 Å². The second kappa shape index (κ2) is 14.5. The molecule has 182 valence electrons. The van der Waals surface area contributed by atoms with E-state index in [0.717, 1.165) is 48.2 Å². The number of hydrazone groups is 2. The van der Waals surface area contributed by atoms with Gasteiger partial charge in [-0.05, 0) is 85.3 Å². The average Bonchev–Trinajstić information content (AvgIpc) is 2.84. The van der Waals surface area contributed by atoms with E-state index in [1.54, 1.807) is 48.5 Å². The fourth-order valence-electron chi connectivity index (χ4n) is 3.30. The number of carbonyl (C=O) groups excluding carboxylic acids is 2. The number of nitrogens with zero attached hydrogens (tertiary/aromatic N) is 2. The summed E-state index contributed by atoms with van der Waals surface area (Å²) in [5.41, 5.74) is 8.41. The molecule has 2 amide bonds. The highest BCUT2D eigenvalue weighted by atomic mass is 16.3. The Hall–Kier alpha value is -3.68. The predicted octanol–water partition coefficient (Wildman–Crippen LogP) is 4.60. The molecule has 0 bridgehead atoms. The summed E-state index contributed by atoms with van der Waals surface area (Å²) in [6.07, 6.45) is 5.21. The van der Waals surface area contributed by atoms with Crippen LogP contribution in [0, 0.1) is 0 Å². The largest absolute Gasteiger partial charge is 0.508 e. The first-order valence-electron chi connectivity index (χ1n) is 11.7. The van der Waals surface area contributed by atoms with Gasteiger partial charge in [0.2, 0.25) is 11.8 Å². The number of carbonyl (C=O) groups is 2. The maximum absolute atomic E-state index is 12.1. The molecule has 0 aliphatic rings. The van der Waals surface area contributed by atoms with Crippen molar-refractivity contribution in [3.8, 4) is 11.5 Å². The average molecular weight is 467 g/mol. The molecule has 0 fully saturated rings. The highest BCUT2D eigenvalue weighted by Crippen LogP contribution is 2.13. The summed E-state index contributed by atoms with van der Waals surface area (Å²) in [7, 11) is 0. The van der Waals surface area contributed by atoms with Gasteiger partial charge >= 0.3 is 0 Å². The number of benzene rings is 2. The number of hydrogen-bond donors (Lipinski definition) is 4. The minimum atomic E-state index is -0.141. The van der Waals surface area contributed by atoms with Crippen LogP contribution >= 0.6 is 0 Å². The van der Waals surface area contributed by atoms with Crippen LogP contribution in [0.3, 0.4) is 0 Å². The molecular weight excluding hydrogens is 432 g/mol. The second-order valence-corrected chi connectivity index (χ2v) is 7.90. The topological polar surface area (TPSA) is 123 Å². The molecule has 4 N–H and O–H groups in total. The van der Waals surface area contributed by atoms with Gasteiger partial charge in [-0.25, -0.2) is 10.9 Å². The summed E-state index contributed by atoms with van der Waals surface area (Å²) in [6.45, 7) is 3.91. The third-order valence-corrected chi connectivity index (χ3v) is 5.26. The molecule has 2 rings (SSSR count). The van der Waals surface area contributed by atoms with Crippen LogP contribution in [0.4, 0.5) is 0 Å². The molecule has 8 heteroatoms. The van der Waals surface area contributed by atoms with E-state index in [0.29, 0.717) is 25.7 Å². The molecule has 34 heavy (non-hydrogen) atoms. The molecule has 0 aliphatic carbocycles. The third-order valence-electron chi connectivity index (χ3n) is 5.26. The summed E-state index contributed by atoms with van der Waals surface area (Å²) >= 11 is 0. The van der Waals surface area contributed by atoms with Gasteiger partial charge in [-0.1, -0.05) is 26.7 Å². The molecular formula is C26H34N4O4. The van der Waals surface area contributed by atoms with Gasteiger partial charge in [0.05, 0.1) is 11.4 Å². The van der Waals surface area contributed by atoms with Crippen LogP contribution in [0.2, 0.25) is 0 Å². The van der Waals surface area contributed by atoms with Crippen LogP contribution in [0.25, 0.3) is 0 Å². The van der Waals surface area contributed by atoms with E-state index < -0.39 is 0 Å². The van der Waals surface area contributed by atoms with E-state index in [1.807, 2.05) is 13.8 Å². The molecule has 0 unspecified atom stereocenters. The predicted molar refractivity (Wildman–Crippen MR) is 134 cm³/mol. The van der Waals surface area contributed by atoms with Gasteiger partial charge in [0, 0.05) is 12.8 Å². The summed E-state index contributed by atoms with van der Waals surface area (Å²) in [4.78, 5) is 24.1. The van der Waals surface area contributed by atoms with Crippen molar-refractivity contribution in [2.45, 2.75) is 65.2 Å². The quantitative estimate of drug-likeness (QED) is 0.196. The van der Waals surface area contributed by atoms with Gasteiger partial charge in [-0.15, -0.1) is 0 Å². The van der Waals surface area contributed by atoms with E-state index in [4.69, 9.17) is 0 Å². The maximum Gasteiger partial charge on any atom is 0.240 e. The summed E-state index contributed by atoms with van der Waals surface area (Å²) in [5, 5.41) is 27.2. The number of nitrogens with one attached hydrogen (secondary N) is 2. The molecule has 0 aromatic heterocycles. The lowest BCUT2D eigenvalue weighted by Crippen LogP contribution is -2.20. The monoisotopic (exact) mass is 466 g/mol. The van der Waals surface area contributed by atoms with Crippen LogP contribution in [-0.4, -0.2) is 33.5 Å². The molecule has 0 spiro atoms. The Morgan fingerprint density at radius 2 is 1.00 bits per heavy atom. The highest BCUT2D eigenvalue weighted by molar-refractivity contribution is 6.01. The molecule has 2 aromatic carbocycles. The first-order chi connectivity index (χ1) is 16.4. The van der Waals surface area contributed by atoms with Crippen molar-refractivity contribution >= 4 is 23.2 Å². The molecule has 0 aliphatic heterocycles. The lowest BCUT2D eigenvalue weighted by atomic mass is 10.1. The molecule has 0 saturated heterocycles. The van der Waals surface area contributed by atoms with Crippen LogP contribution in [0.15, 0.2) is 58.7 Å². The minimum absolute atomic E-state index is 0.141. The zero-order chi connectivity index (χ0) is 24.8. The SMILES string of the molecule is CC/C(=N\NC(=O)CCCCCCC(=O)N/N=C(\CC)c1ccc(O)cc1)c1ccc(O)cc1. The lowest BCUT2D eigenvalue weighted by Gasteiger charge is -2.06. The van der Waals surface area contributed by atoms with Crippen LogP contribution < -0.4 is 10.9 Å². The van der Waals surface area contributed by atoms with Crippen molar-refractivity contribution in [1.82, 2.24) is 10.9 Å². The van der Waals surface area contributed by atoms with Crippen molar-refractivity contribution in [3.05, 3.63) is 59.7 Å². The lowest BCUT2D eigenvalue weighted by molar-refractivity contribution is -0.122. The highest BCUT2D eigenvalue weighted by Gasteiger charge is 2.06. The second-order valence-electron chi connectivity index (χ2n) is 7.90. The van der Waals surface area contributed by atoms with Crippen molar-refractivity contribution in [2.24, 2.45) is 10.2 Å². The number of phenols is 2. The molecule has 2 aromatic rings. The Balaban J connectivity index is 1.63. The van der Waals surface area contributed by atoms with Gasteiger partial charge in [-0.2, -0.15) is 10.2 Å². The van der Waals surface area contributed by atoms with Crippen molar-refractivity contribution in [3.63, 3.8) is 0 Å². The van der Waals surface area contributed by atoms with Crippen molar-refractivity contribution in [2.75, 3.05) is 0 Å².